The minimum Gasteiger partial charge on any atom is -0.485 e. The van der Waals surface area contributed by atoms with Gasteiger partial charge in [0, 0.05) is 37.5 Å². The quantitative estimate of drug-likeness (QED) is 0.803. The molecule has 3 aromatic rings. The molecule has 1 aliphatic heterocycles. The number of ether oxygens (including phenoxy) is 1. The van der Waals surface area contributed by atoms with Crippen molar-refractivity contribution < 1.29 is 9.13 Å². The molecular formula is C19H18FN3O. The van der Waals surface area contributed by atoms with Crippen molar-refractivity contribution in [2.24, 2.45) is 5.73 Å². The van der Waals surface area contributed by atoms with Crippen LogP contribution in [0.25, 0.3) is 11.1 Å². The molecule has 2 N–H and O–H groups in total. The van der Waals surface area contributed by atoms with Gasteiger partial charge in [0.05, 0.1) is 6.33 Å². The summed E-state index contributed by atoms with van der Waals surface area (Å²) < 4.78 is 21.9. The summed E-state index contributed by atoms with van der Waals surface area (Å²) in [7, 11) is 0. The smallest absolute Gasteiger partial charge is 0.165 e. The standard InChI is InChI=1S/C19H18FN3O/c20-18-9-15(7-16-8-17(10-21)24-19(16)18)14-3-1-13(2-4-14)11-23-6-5-22-12-23/h1-7,9,12,17H,8,10-11,21H2. The zero-order chi connectivity index (χ0) is 16.5. The average Bonchev–Trinajstić information content (AvgIpc) is 3.24. The largest absolute Gasteiger partial charge is 0.485 e. The van der Waals surface area contributed by atoms with Crippen molar-refractivity contribution in [2.75, 3.05) is 6.54 Å². The van der Waals surface area contributed by atoms with Gasteiger partial charge in [-0.3, -0.25) is 0 Å². The van der Waals surface area contributed by atoms with Gasteiger partial charge < -0.3 is 15.0 Å². The highest BCUT2D eigenvalue weighted by molar-refractivity contribution is 5.67. The van der Waals surface area contributed by atoms with Gasteiger partial charge in [0.15, 0.2) is 11.6 Å². The molecule has 122 valence electrons. The first-order valence-electron chi connectivity index (χ1n) is 7.97. The molecule has 0 amide bonds. The fraction of sp³-hybridized carbons (Fsp3) is 0.211. The third-order valence-corrected chi connectivity index (χ3v) is 4.33. The Bertz CT molecular complexity index is 844. The van der Waals surface area contributed by atoms with Gasteiger partial charge in [0.2, 0.25) is 0 Å². The van der Waals surface area contributed by atoms with Crippen molar-refractivity contribution in [1.82, 2.24) is 9.55 Å². The van der Waals surface area contributed by atoms with E-state index in [0.29, 0.717) is 18.7 Å². The van der Waals surface area contributed by atoms with Gasteiger partial charge in [0.1, 0.15) is 6.10 Å². The highest BCUT2D eigenvalue weighted by Gasteiger charge is 2.25. The SMILES string of the molecule is NCC1Cc2cc(-c3ccc(Cn4ccnc4)cc3)cc(F)c2O1. The van der Waals surface area contributed by atoms with E-state index in [2.05, 4.69) is 17.1 Å². The summed E-state index contributed by atoms with van der Waals surface area (Å²) in [5.74, 6) is 0.0341. The van der Waals surface area contributed by atoms with Crippen LogP contribution in [0.15, 0.2) is 55.1 Å². The lowest BCUT2D eigenvalue weighted by Crippen LogP contribution is -2.24. The summed E-state index contributed by atoms with van der Waals surface area (Å²) >= 11 is 0. The predicted molar refractivity (Wildman–Crippen MR) is 90.3 cm³/mol. The van der Waals surface area contributed by atoms with E-state index in [-0.39, 0.29) is 11.9 Å². The fourth-order valence-corrected chi connectivity index (χ4v) is 3.08. The molecule has 0 saturated heterocycles. The van der Waals surface area contributed by atoms with Gasteiger partial charge >= 0.3 is 0 Å². The molecule has 4 nitrogen and oxygen atoms in total. The van der Waals surface area contributed by atoms with Crippen LogP contribution in [0.3, 0.4) is 0 Å². The molecule has 0 radical (unpaired) electrons. The van der Waals surface area contributed by atoms with Crippen molar-refractivity contribution in [1.29, 1.82) is 0 Å². The second-order valence-corrected chi connectivity index (χ2v) is 6.06. The number of nitrogens with zero attached hydrogens (tertiary/aromatic N) is 2. The lowest BCUT2D eigenvalue weighted by molar-refractivity contribution is 0.232. The Balaban J connectivity index is 1.59. The van der Waals surface area contributed by atoms with Crippen molar-refractivity contribution in [2.45, 2.75) is 19.1 Å². The van der Waals surface area contributed by atoms with E-state index in [4.69, 9.17) is 10.5 Å². The molecule has 1 unspecified atom stereocenters. The number of fused-ring (bicyclic) bond motifs is 1. The van der Waals surface area contributed by atoms with E-state index >= 15 is 0 Å². The first-order valence-corrected chi connectivity index (χ1v) is 7.97. The Hall–Kier alpha value is -2.66. The van der Waals surface area contributed by atoms with E-state index in [1.807, 2.05) is 29.0 Å². The lowest BCUT2D eigenvalue weighted by Gasteiger charge is -2.08. The molecule has 24 heavy (non-hydrogen) atoms. The highest BCUT2D eigenvalue weighted by Crippen LogP contribution is 2.35. The summed E-state index contributed by atoms with van der Waals surface area (Å²) in [6.45, 7) is 1.16. The molecule has 2 heterocycles. The first kappa shape index (κ1) is 14.9. The summed E-state index contributed by atoms with van der Waals surface area (Å²) in [6.07, 6.45) is 6.02. The second kappa shape index (κ2) is 6.09. The molecule has 0 saturated carbocycles. The van der Waals surface area contributed by atoms with Gasteiger partial charge in [0.25, 0.3) is 0 Å². The zero-order valence-electron chi connectivity index (χ0n) is 13.2. The minimum absolute atomic E-state index is 0.123. The van der Waals surface area contributed by atoms with Gasteiger partial charge in [-0.15, -0.1) is 0 Å². The Kier molecular flexibility index (Phi) is 3.78. The monoisotopic (exact) mass is 323 g/mol. The maximum atomic E-state index is 14.3. The summed E-state index contributed by atoms with van der Waals surface area (Å²) in [4.78, 5) is 4.04. The third-order valence-electron chi connectivity index (χ3n) is 4.33. The number of hydrogen-bond acceptors (Lipinski definition) is 3. The lowest BCUT2D eigenvalue weighted by atomic mass is 9.99. The summed E-state index contributed by atoms with van der Waals surface area (Å²) in [5.41, 5.74) is 9.54. The van der Waals surface area contributed by atoms with E-state index in [0.717, 1.165) is 23.2 Å². The van der Waals surface area contributed by atoms with Gasteiger partial charge in [-0.2, -0.15) is 0 Å². The highest BCUT2D eigenvalue weighted by atomic mass is 19.1. The van der Waals surface area contributed by atoms with Crippen LogP contribution >= 0.6 is 0 Å². The first-order chi connectivity index (χ1) is 11.7. The predicted octanol–water partition coefficient (Wildman–Crippen LogP) is 3.00. The Morgan fingerprint density at radius 2 is 2.04 bits per heavy atom. The number of aromatic nitrogens is 2. The molecule has 5 heteroatoms. The van der Waals surface area contributed by atoms with Crippen LogP contribution in [-0.2, 0) is 13.0 Å². The maximum Gasteiger partial charge on any atom is 0.165 e. The molecule has 4 rings (SSSR count). The van der Waals surface area contributed by atoms with Gasteiger partial charge in [-0.05, 0) is 28.8 Å². The number of hydrogen-bond donors (Lipinski definition) is 1. The van der Waals surface area contributed by atoms with E-state index in [9.17, 15) is 4.39 Å². The van der Waals surface area contributed by atoms with Gasteiger partial charge in [-0.25, -0.2) is 9.37 Å². The Morgan fingerprint density at radius 1 is 1.21 bits per heavy atom. The number of rotatable bonds is 4. The van der Waals surface area contributed by atoms with Crippen molar-refractivity contribution >= 4 is 0 Å². The fourth-order valence-electron chi connectivity index (χ4n) is 3.08. The maximum absolute atomic E-state index is 14.3. The van der Waals surface area contributed by atoms with Crippen LogP contribution in [0.1, 0.15) is 11.1 Å². The summed E-state index contributed by atoms with van der Waals surface area (Å²) in [6, 6.07) is 11.7. The summed E-state index contributed by atoms with van der Waals surface area (Å²) in [5, 5.41) is 0. The Morgan fingerprint density at radius 3 is 2.75 bits per heavy atom. The molecule has 1 aromatic heterocycles. The molecule has 0 fully saturated rings. The average molecular weight is 323 g/mol. The zero-order valence-corrected chi connectivity index (χ0v) is 13.2. The molecular weight excluding hydrogens is 305 g/mol. The normalized spacial score (nSPS) is 16.0. The van der Waals surface area contributed by atoms with Crippen molar-refractivity contribution in [3.8, 4) is 16.9 Å². The minimum atomic E-state index is -0.319. The van der Waals surface area contributed by atoms with E-state index in [1.54, 1.807) is 12.5 Å². The van der Waals surface area contributed by atoms with Crippen LogP contribution in [0.2, 0.25) is 0 Å². The number of nitrogens with two attached hydrogens (primary N) is 1. The van der Waals surface area contributed by atoms with Gasteiger partial charge in [-0.1, -0.05) is 24.3 Å². The molecule has 0 aliphatic carbocycles. The van der Waals surface area contributed by atoms with Crippen LogP contribution in [0.5, 0.6) is 5.75 Å². The van der Waals surface area contributed by atoms with Crippen LogP contribution < -0.4 is 10.5 Å². The number of halogens is 1. The Labute approximate surface area is 139 Å². The van der Waals surface area contributed by atoms with E-state index in [1.165, 1.54) is 11.6 Å². The molecule has 0 spiro atoms. The molecule has 0 bridgehead atoms. The van der Waals surface area contributed by atoms with E-state index < -0.39 is 0 Å². The van der Waals surface area contributed by atoms with Crippen LogP contribution in [0, 0.1) is 5.82 Å². The van der Waals surface area contributed by atoms with Crippen LogP contribution in [0.4, 0.5) is 4.39 Å². The van der Waals surface area contributed by atoms with Crippen molar-refractivity contribution in [3.05, 3.63) is 72.1 Å². The topological polar surface area (TPSA) is 53.1 Å². The van der Waals surface area contributed by atoms with Crippen molar-refractivity contribution in [3.63, 3.8) is 0 Å². The second-order valence-electron chi connectivity index (χ2n) is 6.06. The van der Waals surface area contributed by atoms with Crippen LogP contribution in [-0.4, -0.2) is 22.2 Å². The number of benzene rings is 2. The molecule has 2 aromatic carbocycles. The third kappa shape index (κ3) is 2.78. The number of imidazole rings is 1. The molecule has 1 atom stereocenters. The molecule has 1 aliphatic rings.